The Balaban J connectivity index is 0.00000323. The summed E-state index contributed by atoms with van der Waals surface area (Å²) in [4.78, 5) is 35.3. The molecule has 11 heteroatoms. The van der Waals surface area contributed by atoms with Crippen molar-refractivity contribution in [2.75, 3.05) is 44.7 Å². The highest BCUT2D eigenvalue weighted by molar-refractivity contribution is 5.85. The average molecular weight is 564 g/mol. The molecule has 210 valence electrons. The number of benzene rings is 2. The number of halogens is 1. The van der Waals surface area contributed by atoms with Crippen LogP contribution in [-0.2, 0) is 20.6 Å². The third kappa shape index (κ3) is 4.67. The van der Waals surface area contributed by atoms with Gasteiger partial charge >= 0.3 is 5.69 Å². The fraction of sp³-hybridized carbons (Fsp3) is 0.345. The van der Waals surface area contributed by atoms with Crippen molar-refractivity contribution in [1.29, 1.82) is 0 Å². The molecule has 5 aromatic rings. The summed E-state index contributed by atoms with van der Waals surface area (Å²) >= 11 is 0. The van der Waals surface area contributed by atoms with E-state index in [4.69, 9.17) is 9.72 Å². The highest BCUT2D eigenvalue weighted by Gasteiger charge is 2.22. The fourth-order valence-electron chi connectivity index (χ4n) is 5.63. The van der Waals surface area contributed by atoms with Gasteiger partial charge < -0.3 is 14.2 Å². The predicted molar refractivity (Wildman–Crippen MR) is 160 cm³/mol. The van der Waals surface area contributed by atoms with Gasteiger partial charge in [-0.15, -0.1) is 12.4 Å². The molecule has 4 heterocycles. The highest BCUT2D eigenvalue weighted by Crippen LogP contribution is 2.29. The molecule has 0 N–H and O–H groups in total. The molecule has 1 fully saturated rings. The normalized spacial score (nSPS) is 14.1. The van der Waals surface area contributed by atoms with E-state index in [-0.39, 0.29) is 23.7 Å². The van der Waals surface area contributed by atoms with Gasteiger partial charge in [0.05, 0.1) is 18.5 Å². The lowest BCUT2D eigenvalue weighted by molar-refractivity contribution is 0.250. The largest absolute Gasteiger partial charge is 0.495 e. The summed E-state index contributed by atoms with van der Waals surface area (Å²) in [5, 5.41) is 0. The zero-order valence-electron chi connectivity index (χ0n) is 23.0. The molecule has 2 aromatic carbocycles. The lowest BCUT2D eigenvalue weighted by Crippen LogP contribution is -2.46. The van der Waals surface area contributed by atoms with Gasteiger partial charge in [-0.05, 0) is 30.7 Å². The molecule has 0 spiro atoms. The average Bonchev–Trinajstić information content (AvgIpc) is 3.52. The van der Waals surface area contributed by atoms with E-state index in [1.807, 2.05) is 40.9 Å². The molecule has 0 bridgehead atoms. The molecule has 40 heavy (non-hydrogen) atoms. The molecule has 6 rings (SSSR count). The Morgan fingerprint density at radius 2 is 1.57 bits per heavy atom. The van der Waals surface area contributed by atoms with Gasteiger partial charge in [-0.3, -0.25) is 23.2 Å². The van der Waals surface area contributed by atoms with Crippen LogP contribution < -0.4 is 20.9 Å². The molecule has 0 atom stereocenters. The summed E-state index contributed by atoms with van der Waals surface area (Å²) in [5.41, 5.74) is 3.30. The van der Waals surface area contributed by atoms with Crippen LogP contribution in [0, 0.1) is 0 Å². The Bertz CT molecular complexity index is 1760. The quantitative estimate of drug-likeness (QED) is 0.303. The molecule has 1 saturated heterocycles. The first kappa shape index (κ1) is 27.5. The number of para-hydroxylation sites is 2. The first-order valence-electron chi connectivity index (χ1n) is 13.3. The lowest BCUT2D eigenvalue weighted by Gasteiger charge is -2.36. The van der Waals surface area contributed by atoms with Gasteiger partial charge in [-0.1, -0.05) is 42.5 Å². The topological polar surface area (TPSA) is 81.9 Å². The standard InChI is InChI=1S/C29H33N7O3.ClH/c1-31-26-25(27(37)32(2)29(31)38)36-20-23(21-10-5-4-6-11-21)35(28(36)30-26)15-9-14-33-16-18-34(19-17-33)22-12-7-8-13-24(22)39-3;/h4-8,10-13,20H,9,14-19H2,1-3H3;1H. The van der Waals surface area contributed by atoms with E-state index < -0.39 is 0 Å². The monoisotopic (exact) mass is 563 g/mol. The van der Waals surface area contributed by atoms with Gasteiger partial charge in [0.2, 0.25) is 5.78 Å². The first-order valence-corrected chi connectivity index (χ1v) is 13.3. The van der Waals surface area contributed by atoms with Gasteiger partial charge in [0, 0.05) is 53.0 Å². The van der Waals surface area contributed by atoms with Crippen molar-refractivity contribution in [3.05, 3.63) is 81.6 Å². The number of fused-ring (bicyclic) bond motifs is 3. The van der Waals surface area contributed by atoms with Crippen LogP contribution in [0.1, 0.15) is 6.42 Å². The molecule has 3 aromatic heterocycles. The highest BCUT2D eigenvalue weighted by atomic mass is 35.5. The van der Waals surface area contributed by atoms with Crippen LogP contribution in [0.5, 0.6) is 5.75 Å². The third-order valence-corrected chi connectivity index (χ3v) is 7.78. The molecule has 0 unspecified atom stereocenters. The van der Waals surface area contributed by atoms with Crippen molar-refractivity contribution >= 4 is 35.0 Å². The number of methoxy groups -OCH3 is 1. The van der Waals surface area contributed by atoms with E-state index in [0.717, 1.165) is 73.0 Å². The number of rotatable bonds is 7. The van der Waals surface area contributed by atoms with Crippen LogP contribution in [0.4, 0.5) is 5.69 Å². The first-order chi connectivity index (χ1) is 19.0. The molecule has 0 saturated carbocycles. The zero-order valence-corrected chi connectivity index (χ0v) is 23.8. The molecule has 10 nitrogen and oxygen atoms in total. The lowest BCUT2D eigenvalue weighted by atomic mass is 10.1. The van der Waals surface area contributed by atoms with E-state index in [9.17, 15) is 9.59 Å². The summed E-state index contributed by atoms with van der Waals surface area (Å²) in [7, 11) is 4.88. The van der Waals surface area contributed by atoms with Gasteiger partial charge in [-0.2, -0.15) is 4.98 Å². The Hall–Kier alpha value is -4.02. The molecular formula is C29H34ClN7O3. The Kier molecular flexibility index (Phi) is 7.73. The van der Waals surface area contributed by atoms with Gasteiger partial charge in [0.1, 0.15) is 5.75 Å². The van der Waals surface area contributed by atoms with Crippen molar-refractivity contribution in [3.63, 3.8) is 0 Å². The predicted octanol–water partition coefficient (Wildman–Crippen LogP) is 3.00. The molecule has 0 radical (unpaired) electrons. The number of nitrogens with zero attached hydrogens (tertiary/aromatic N) is 7. The van der Waals surface area contributed by atoms with E-state index in [2.05, 4.69) is 38.6 Å². The number of imidazole rings is 2. The van der Waals surface area contributed by atoms with E-state index in [1.54, 1.807) is 14.2 Å². The zero-order chi connectivity index (χ0) is 27.1. The second-order valence-corrected chi connectivity index (χ2v) is 10.0. The SMILES string of the molecule is COc1ccccc1N1CCN(CCCn2c(-c3ccccc3)cn3c4c(=O)n(C)c(=O)n(C)c4nc23)CC1.Cl. The van der Waals surface area contributed by atoms with Crippen LogP contribution in [0.3, 0.4) is 0 Å². The maximum Gasteiger partial charge on any atom is 0.332 e. The maximum atomic E-state index is 13.1. The molecule has 0 amide bonds. The Labute approximate surface area is 238 Å². The molecular weight excluding hydrogens is 530 g/mol. The number of hydrogen-bond acceptors (Lipinski definition) is 6. The second kappa shape index (κ2) is 11.2. The number of hydrogen-bond donors (Lipinski definition) is 0. The van der Waals surface area contributed by atoms with Crippen molar-refractivity contribution in [3.8, 4) is 17.0 Å². The van der Waals surface area contributed by atoms with E-state index >= 15 is 0 Å². The van der Waals surface area contributed by atoms with Crippen molar-refractivity contribution in [1.82, 2.24) is 28.0 Å². The van der Waals surface area contributed by atoms with Gasteiger partial charge in [0.15, 0.2) is 11.2 Å². The number of piperazine rings is 1. The summed E-state index contributed by atoms with van der Waals surface area (Å²) in [6.07, 6.45) is 2.90. The Morgan fingerprint density at radius 1 is 0.875 bits per heavy atom. The minimum absolute atomic E-state index is 0. The fourth-order valence-corrected chi connectivity index (χ4v) is 5.63. The summed E-state index contributed by atoms with van der Waals surface area (Å²) in [6, 6.07) is 18.3. The minimum atomic E-state index is -0.379. The smallest absolute Gasteiger partial charge is 0.332 e. The maximum absolute atomic E-state index is 13.1. The van der Waals surface area contributed by atoms with Gasteiger partial charge in [-0.25, -0.2) is 4.79 Å². The third-order valence-electron chi connectivity index (χ3n) is 7.78. The Morgan fingerprint density at radius 3 is 2.30 bits per heavy atom. The number of ether oxygens (including phenoxy) is 1. The molecule has 1 aliphatic heterocycles. The number of aryl methyl sites for hydroxylation is 2. The van der Waals surface area contributed by atoms with Crippen molar-refractivity contribution in [2.24, 2.45) is 14.1 Å². The van der Waals surface area contributed by atoms with Crippen molar-refractivity contribution < 1.29 is 4.74 Å². The van der Waals surface area contributed by atoms with Gasteiger partial charge in [0.25, 0.3) is 5.56 Å². The second-order valence-electron chi connectivity index (χ2n) is 10.0. The van der Waals surface area contributed by atoms with Crippen molar-refractivity contribution in [2.45, 2.75) is 13.0 Å². The van der Waals surface area contributed by atoms with E-state index in [1.165, 1.54) is 11.6 Å². The van der Waals surface area contributed by atoms with Crippen LogP contribution in [0.15, 0.2) is 70.4 Å². The molecule has 0 aliphatic carbocycles. The van der Waals surface area contributed by atoms with E-state index in [0.29, 0.717) is 16.9 Å². The van der Waals surface area contributed by atoms with Crippen LogP contribution in [-0.4, -0.2) is 67.8 Å². The van der Waals surface area contributed by atoms with Crippen LogP contribution in [0.2, 0.25) is 0 Å². The summed E-state index contributed by atoms with van der Waals surface area (Å²) in [5.74, 6) is 1.58. The summed E-state index contributed by atoms with van der Waals surface area (Å²) < 4.78 is 12.1. The summed E-state index contributed by atoms with van der Waals surface area (Å²) in [6.45, 7) is 5.56. The van der Waals surface area contributed by atoms with Crippen LogP contribution in [0.25, 0.3) is 28.2 Å². The minimum Gasteiger partial charge on any atom is -0.495 e. The number of aromatic nitrogens is 5. The van der Waals surface area contributed by atoms with Crippen LogP contribution >= 0.6 is 12.4 Å². The number of anilines is 1. The molecule has 1 aliphatic rings.